The van der Waals surface area contributed by atoms with Gasteiger partial charge in [0.15, 0.2) is 0 Å². The van der Waals surface area contributed by atoms with E-state index in [-0.39, 0.29) is 11.9 Å². The van der Waals surface area contributed by atoms with Crippen LogP contribution in [0.25, 0.3) is 11.0 Å². The molecule has 1 fully saturated rings. The maximum atomic E-state index is 12.8. The molecule has 2 aromatic heterocycles. The number of imidazole rings is 2. The number of carbonyl (C=O) groups excluding carboxylic acids is 1. The van der Waals surface area contributed by atoms with E-state index in [1.165, 1.54) is 0 Å². The highest BCUT2D eigenvalue weighted by Crippen LogP contribution is 2.32. The first-order valence-corrected chi connectivity index (χ1v) is 8.83. The van der Waals surface area contributed by atoms with E-state index >= 15 is 0 Å². The summed E-state index contributed by atoms with van der Waals surface area (Å²) in [6, 6.07) is 5.59. The molecule has 0 radical (unpaired) electrons. The van der Waals surface area contributed by atoms with Gasteiger partial charge in [-0.05, 0) is 44.9 Å². The quantitative estimate of drug-likeness (QED) is 0.781. The smallest absolute Gasteiger partial charge is 0.243 e. The van der Waals surface area contributed by atoms with Gasteiger partial charge in [-0.3, -0.25) is 4.79 Å². The summed E-state index contributed by atoms with van der Waals surface area (Å²) in [7, 11) is 0. The van der Waals surface area contributed by atoms with Gasteiger partial charge in [0.25, 0.3) is 0 Å². The fraction of sp³-hybridized carbons (Fsp3) is 0.389. The van der Waals surface area contributed by atoms with E-state index in [0.29, 0.717) is 11.6 Å². The second kappa shape index (κ2) is 6.19. The van der Waals surface area contributed by atoms with Gasteiger partial charge in [-0.2, -0.15) is 0 Å². The summed E-state index contributed by atoms with van der Waals surface area (Å²) in [6.07, 6.45) is 3.63. The number of amides is 1. The summed E-state index contributed by atoms with van der Waals surface area (Å²) in [5.74, 6) is 0.933. The number of carbonyl (C=O) groups is 1. The minimum absolute atomic E-state index is 0.0106. The number of likely N-dealkylation sites (tertiary alicyclic amines) is 1. The number of benzene rings is 1. The number of fused-ring (bicyclic) bond motifs is 1. The molecule has 4 rings (SSSR count). The van der Waals surface area contributed by atoms with Crippen LogP contribution in [-0.4, -0.2) is 36.9 Å². The van der Waals surface area contributed by atoms with Gasteiger partial charge in [0.05, 0.1) is 29.1 Å². The molecule has 0 spiro atoms. The molecule has 130 valence electrons. The normalized spacial score (nSPS) is 17.6. The summed E-state index contributed by atoms with van der Waals surface area (Å²) in [5.41, 5.74) is 3.77. The van der Waals surface area contributed by atoms with E-state index in [1.807, 2.05) is 41.5 Å². The van der Waals surface area contributed by atoms with Crippen LogP contribution >= 0.6 is 11.6 Å². The highest BCUT2D eigenvalue weighted by atomic mass is 35.5. The number of aryl methyl sites for hydroxylation is 1. The minimum atomic E-state index is -0.0106. The molecule has 1 saturated heterocycles. The number of hydrogen-bond acceptors (Lipinski definition) is 3. The third kappa shape index (κ3) is 2.91. The second-order valence-corrected chi connectivity index (χ2v) is 7.01. The Kier molecular flexibility index (Phi) is 4.00. The number of nitrogens with zero attached hydrogens (tertiary/aromatic N) is 4. The Morgan fingerprint density at radius 3 is 3.00 bits per heavy atom. The van der Waals surface area contributed by atoms with Crippen LogP contribution in [0.4, 0.5) is 0 Å². The van der Waals surface area contributed by atoms with E-state index in [9.17, 15) is 4.79 Å². The predicted octanol–water partition coefficient (Wildman–Crippen LogP) is 3.39. The van der Waals surface area contributed by atoms with Crippen LogP contribution < -0.4 is 0 Å². The molecule has 1 aliphatic rings. The Hall–Kier alpha value is -2.34. The van der Waals surface area contributed by atoms with Gasteiger partial charge in [0.2, 0.25) is 5.91 Å². The van der Waals surface area contributed by atoms with Crippen molar-refractivity contribution < 1.29 is 4.79 Å². The molecule has 6 nitrogen and oxygen atoms in total. The Morgan fingerprint density at radius 1 is 1.40 bits per heavy atom. The van der Waals surface area contributed by atoms with Crippen molar-refractivity contribution in [2.45, 2.75) is 39.3 Å². The minimum Gasteiger partial charge on any atom is -0.340 e. The van der Waals surface area contributed by atoms with Crippen molar-refractivity contribution in [1.29, 1.82) is 0 Å². The molecule has 1 unspecified atom stereocenters. The molecular formula is C18H20ClN5O. The summed E-state index contributed by atoms with van der Waals surface area (Å²) < 4.78 is 1.91. The van der Waals surface area contributed by atoms with Crippen molar-refractivity contribution in [3.05, 3.63) is 46.8 Å². The molecule has 3 aromatic rings. The molecule has 1 aliphatic heterocycles. The molecule has 0 bridgehead atoms. The van der Waals surface area contributed by atoms with E-state index in [0.717, 1.165) is 47.6 Å². The summed E-state index contributed by atoms with van der Waals surface area (Å²) in [4.78, 5) is 27.0. The number of nitrogens with one attached hydrogen (secondary N) is 1. The van der Waals surface area contributed by atoms with Crippen molar-refractivity contribution in [2.24, 2.45) is 0 Å². The summed E-state index contributed by atoms with van der Waals surface area (Å²) in [5, 5.41) is 0.674. The lowest BCUT2D eigenvalue weighted by molar-refractivity contribution is -0.132. The van der Waals surface area contributed by atoms with Gasteiger partial charge in [-0.1, -0.05) is 11.6 Å². The molecule has 25 heavy (non-hydrogen) atoms. The van der Waals surface area contributed by atoms with Gasteiger partial charge in [-0.25, -0.2) is 9.97 Å². The Labute approximate surface area is 150 Å². The Balaban J connectivity index is 1.58. The van der Waals surface area contributed by atoms with E-state index in [1.54, 1.807) is 6.33 Å². The highest BCUT2D eigenvalue weighted by molar-refractivity contribution is 6.31. The van der Waals surface area contributed by atoms with Crippen molar-refractivity contribution >= 4 is 28.5 Å². The topological polar surface area (TPSA) is 66.8 Å². The average Bonchev–Trinajstić information content (AvgIpc) is 3.28. The molecule has 1 amide bonds. The Morgan fingerprint density at radius 2 is 2.24 bits per heavy atom. The van der Waals surface area contributed by atoms with Gasteiger partial charge >= 0.3 is 0 Å². The fourth-order valence-corrected chi connectivity index (χ4v) is 3.62. The van der Waals surface area contributed by atoms with Gasteiger partial charge < -0.3 is 14.5 Å². The lowest BCUT2D eigenvalue weighted by Gasteiger charge is -2.23. The summed E-state index contributed by atoms with van der Waals surface area (Å²) in [6.45, 7) is 5.01. The third-order valence-corrected chi connectivity index (χ3v) is 5.24. The van der Waals surface area contributed by atoms with Crippen LogP contribution in [0.15, 0.2) is 24.5 Å². The molecule has 1 N–H and O–H groups in total. The lowest BCUT2D eigenvalue weighted by atomic mass is 10.2. The first kappa shape index (κ1) is 16.1. The molecule has 7 heteroatoms. The number of halogens is 1. The highest BCUT2D eigenvalue weighted by Gasteiger charge is 2.32. The van der Waals surface area contributed by atoms with Crippen molar-refractivity contribution in [2.75, 3.05) is 6.54 Å². The lowest BCUT2D eigenvalue weighted by Crippen LogP contribution is -2.34. The van der Waals surface area contributed by atoms with Crippen LogP contribution in [0, 0.1) is 13.8 Å². The zero-order valence-electron chi connectivity index (χ0n) is 14.3. The van der Waals surface area contributed by atoms with Crippen molar-refractivity contribution in [3.63, 3.8) is 0 Å². The van der Waals surface area contributed by atoms with Crippen molar-refractivity contribution in [1.82, 2.24) is 24.4 Å². The number of H-pyrrole nitrogens is 1. The number of aromatic amines is 1. The Bertz CT molecular complexity index is 944. The van der Waals surface area contributed by atoms with E-state index < -0.39 is 0 Å². The molecule has 1 atom stereocenters. The van der Waals surface area contributed by atoms with Gasteiger partial charge in [0.1, 0.15) is 12.4 Å². The standard InChI is InChI=1S/C18H20ClN5O/c1-11-12(2)23(10-20-11)9-17(25)24-7-3-4-16(24)18-21-14-6-5-13(19)8-15(14)22-18/h5-6,8,10,16H,3-4,7,9H2,1-2H3,(H,21,22). The largest absolute Gasteiger partial charge is 0.340 e. The third-order valence-electron chi connectivity index (χ3n) is 5.00. The van der Waals surface area contributed by atoms with E-state index in [2.05, 4.69) is 15.0 Å². The van der Waals surface area contributed by atoms with Crippen molar-refractivity contribution in [3.8, 4) is 0 Å². The first-order valence-electron chi connectivity index (χ1n) is 8.46. The molecule has 3 heterocycles. The molecule has 1 aromatic carbocycles. The van der Waals surface area contributed by atoms with Crippen LogP contribution in [0.5, 0.6) is 0 Å². The maximum Gasteiger partial charge on any atom is 0.243 e. The SMILES string of the molecule is Cc1ncn(CC(=O)N2CCCC2c2nc3ccc(Cl)cc3[nH]2)c1C. The molecule has 0 saturated carbocycles. The van der Waals surface area contributed by atoms with Gasteiger partial charge in [0, 0.05) is 17.3 Å². The van der Waals surface area contributed by atoms with Crippen LogP contribution in [0.2, 0.25) is 5.02 Å². The van der Waals surface area contributed by atoms with Crippen LogP contribution in [-0.2, 0) is 11.3 Å². The maximum absolute atomic E-state index is 12.8. The zero-order valence-corrected chi connectivity index (χ0v) is 15.0. The zero-order chi connectivity index (χ0) is 17.6. The van der Waals surface area contributed by atoms with E-state index in [4.69, 9.17) is 11.6 Å². The summed E-state index contributed by atoms with van der Waals surface area (Å²) >= 11 is 6.05. The average molecular weight is 358 g/mol. The van der Waals surface area contributed by atoms with Crippen LogP contribution in [0.3, 0.4) is 0 Å². The number of hydrogen-bond donors (Lipinski definition) is 1. The van der Waals surface area contributed by atoms with Crippen LogP contribution in [0.1, 0.15) is 36.1 Å². The monoisotopic (exact) mass is 357 g/mol. The molecular weight excluding hydrogens is 338 g/mol. The van der Waals surface area contributed by atoms with Gasteiger partial charge in [-0.15, -0.1) is 0 Å². The fourth-order valence-electron chi connectivity index (χ4n) is 3.45. The molecule has 0 aliphatic carbocycles. The first-order chi connectivity index (χ1) is 12.0. The number of rotatable bonds is 3. The second-order valence-electron chi connectivity index (χ2n) is 6.57. The number of aromatic nitrogens is 4. The predicted molar refractivity (Wildman–Crippen MR) is 96.5 cm³/mol.